The van der Waals surface area contributed by atoms with Crippen molar-refractivity contribution in [2.75, 3.05) is 19.8 Å². The average molecular weight is 400 g/mol. The minimum atomic E-state index is -0.287. The summed E-state index contributed by atoms with van der Waals surface area (Å²) in [4.78, 5) is 21.3. The topological polar surface area (TPSA) is 78.6 Å². The van der Waals surface area contributed by atoms with Gasteiger partial charge in [-0.1, -0.05) is 27.2 Å². The van der Waals surface area contributed by atoms with Gasteiger partial charge in [-0.3, -0.25) is 9.59 Å². The van der Waals surface area contributed by atoms with Crippen LogP contribution < -0.4 is 5.73 Å². The van der Waals surface area contributed by atoms with Gasteiger partial charge in [-0.25, -0.2) is 0 Å². The van der Waals surface area contributed by atoms with E-state index in [2.05, 4.69) is 13.8 Å². The zero-order chi connectivity index (χ0) is 21.4. The van der Waals surface area contributed by atoms with Crippen LogP contribution in [0.3, 0.4) is 0 Å². The number of ketones is 1. The zero-order valence-electron chi connectivity index (χ0n) is 19.0. The molecule has 2 aliphatic carbocycles. The quantitative estimate of drug-likeness (QED) is 0.530. The van der Waals surface area contributed by atoms with Crippen LogP contribution in [-0.4, -0.2) is 37.6 Å². The van der Waals surface area contributed by atoms with E-state index in [1.54, 1.807) is 0 Å². The number of hydrogen-bond donors (Lipinski definition) is 1. The highest BCUT2D eigenvalue weighted by atomic mass is 16.5. The summed E-state index contributed by atoms with van der Waals surface area (Å²) in [6.45, 7) is 12.2. The Morgan fingerprint density at radius 3 is 1.86 bits per heavy atom. The van der Waals surface area contributed by atoms with E-state index in [0.29, 0.717) is 42.7 Å². The molecular formula is C23H45NO4. The molecule has 166 valence electrons. The minimum absolute atomic E-state index is 0.287. The van der Waals surface area contributed by atoms with Gasteiger partial charge in [-0.2, -0.15) is 0 Å². The average Bonchev–Trinajstić information content (AvgIpc) is 2.65. The summed E-state index contributed by atoms with van der Waals surface area (Å²) in [5, 5.41) is 0. The van der Waals surface area contributed by atoms with E-state index >= 15 is 0 Å². The second-order valence-electron chi connectivity index (χ2n) is 8.01. The molecule has 0 unspecified atom stereocenters. The SMILES string of the molecule is CC.CC(C)OCC1CCC(COCCC(N)=O)CC1.CCC(=O)C1CCC1. The summed E-state index contributed by atoms with van der Waals surface area (Å²) in [7, 11) is 0. The molecule has 2 rings (SSSR count). The Kier molecular flexibility index (Phi) is 16.4. The van der Waals surface area contributed by atoms with Gasteiger partial charge in [0.25, 0.3) is 0 Å². The van der Waals surface area contributed by atoms with Crippen LogP contribution in [0.25, 0.3) is 0 Å². The van der Waals surface area contributed by atoms with Crippen molar-refractivity contribution in [2.24, 2.45) is 23.5 Å². The van der Waals surface area contributed by atoms with Crippen LogP contribution in [0.2, 0.25) is 0 Å². The molecule has 1 amide bonds. The number of carbonyl (C=O) groups is 2. The number of carbonyl (C=O) groups excluding carboxylic acids is 2. The first-order valence-corrected chi connectivity index (χ1v) is 11.4. The van der Waals surface area contributed by atoms with Crippen molar-refractivity contribution in [1.29, 1.82) is 0 Å². The van der Waals surface area contributed by atoms with Gasteiger partial charge in [0, 0.05) is 32.0 Å². The van der Waals surface area contributed by atoms with Crippen molar-refractivity contribution in [3.05, 3.63) is 0 Å². The molecule has 2 N–H and O–H groups in total. The lowest BCUT2D eigenvalue weighted by molar-refractivity contribution is -0.124. The van der Waals surface area contributed by atoms with Gasteiger partial charge in [-0.05, 0) is 64.2 Å². The van der Waals surface area contributed by atoms with E-state index in [4.69, 9.17) is 15.2 Å². The van der Waals surface area contributed by atoms with E-state index in [-0.39, 0.29) is 5.91 Å². The molecule has 2 fully saturated rings. The molecule has 0 aromatic rings. The van der Waals surface area contributed by atoms with E-state index in [1.165, 1.54) is 32.1 Å². The molecule has 5 nitrogen and oxygen atoms in total. The van der Waals surface area contributed by atoms with Crippen LogP contribution in [-0.2, 0) is 19.1 Å². The molecule has 5 heteroatoms. The lowest BCUT2D eigenvalue weighted by atomic mass is 9.81. The maximum atomic E-state index is 10.8. The van der Waals surface area contributed by atoms with E-state index < -0.39 is 0 Å². The molecule has 0 atom stereocenters. The first-order valence-electron chi connectivity index (χ1n) is 11.4. The Morgan fingerprint density at radius 2 is 1.50 bits per heavy atom. The maximum Gasteiger partial charge on any atom is 0.219 e. The largest absolute Gasteiger partial charge is 0.381 e. The Balaban J connectivity index is 0.000000604. The highest BCUT2D eigenvalue weighted by molar-refractivity contribution is 5.81. The Hall–Kier alpha value is -0.940. The summed E-state index contributed by atoms with van der Waals surface area (Å²) < 4.78 is 11.1. The van der Waals surface area contributed by atoms with Crippen LogP contribution in [0, 0.1) is 17.8 Å². The van der Waals surface area contributed by atoms with Gasteiger partial charge in [0.1, 0.15) is 5.78 Å². The predicted molar refractivity (Wildman–Crippen MR) is 115 cm³/mol. The molecule has 0 spiro atoms. The molecule has 0 saturated heterocycles. The number of rotatable bonds is 10. The van der Waals surface area contributed by atoms with Crippen molar-refractivity contribution in [3.8, 4) is 0 Å². The third-order valence-electron chi connectivity index (χ3n) is 5.39. The molecule has 28 heavy (non-hydrogen) atoms. The van der Waals surface area contributed by atoms with Gasteiger partial charge in [-0.15, -0.1) is 0 Å². The second-order valence-corrected chi connectivity index (χ2v) is 8.01. The van der Waals surface area contributed by atoms with Crippen molar-refractivity contribution in [1.82, 2.24) is 0 Å². The van der Waals surface area contributed by atoms with Crippen LogP contribution >= 0.6 is 0 Å². The highest BCUT2D eigenvalue weighted by Gasteiger charge is 2.23. The molecule has 0 aromatic heterocycles. The summed E-state index contributed by atoms with van der Waals surface area (Å²) in [5.74, 6) is 2.00. The molecule has 0 radical (unpaired) electrons. The number of hydrogen-bond acceptors (Lipinski definition) is 4. The van der Waals surface area contributed by atoms with Crippen molar-refractivity contribution in [2.45, 2.75) is 98.5 Å². The number of nitrogens with two attached hydrogens (primary N) is 1. The van der Waals surface area contributed by atoms with Crippen LogP contribution in [0.5, 0.6) is 0 Å². The van der Waals surface area contributed by atoms with Gasteiger partial charge in [0.2, 0.25) is 5.91 Å². The van der Waals surface area contributed by atoms with Crippen molar-refractivity contribution >= 4 is 11.7 Å². The fourth-order valence-electron chi connectivity index (χ4n) is 3.34. The van der Waals surface area contributed by atoms with E-state index in [0.717, 1.165) is 32.5 Å². The third kappa shape index (κ3) is 13.3. The Morgan fingerprint density at radius 1 is 0.964 bits per heavy atom. The van der Waals surface area contributed by atoms with E-state index in [1.807, 2.05) is 20.8 Å². The monoisotopic (exact) mass is 399 g/mol. The van der Waals surface area contributed by atoms with Crippen LogP contribution in [0.15, 0.2) is 0 Å². The molecule has 0 aromatic carbocycles. The second kappa shape index (κ2) is 17.0. The highest BCUT2D eigenvalue weighted by Crippen LogP contribution is 2.29. The van der Waals surface area contributed by atoms with Crippen LogP contribution in [0.1, 0.15) is 92.4 Å². The molecule has 0 bridgehead atoms. The molecular weight excluding hydrogens is 354 g/mol. The standard InChI is InChI=1S/C14H27NO3.C7H12O.C2H6/c1-11(2)18-10-13-5-3-12(4-6-13)9-17-8-7-14(15)16;1-2-7(8)6-4-3-5-6;1-2/h11-13H,3-10H2,1-2H3,(H2,15,16);6H,2-5H2,1H3;1-2H3. The van der Waals surface area contributed by atoms with Crippen LogP contribution in [0.4, 0.5) is 0 Å². The summed E-state index contributed by atoms with van der Waals surface area (Å²) in [5.41, 5.74) is 5.05. The molecule has 0 aliphatic heterocycles. The number of amides is 1. The molecule has 2 aliphatic rings. The lowest BCUT2D eigenvalue weighted by Gasteiger charge is -2.28. The van der Waals surface area contributed by atoms with Gasteiger partial charge in [0.15, 0.2) is 0 Å². The maximum absolute atomic E-state index is 10.8. The number of ether oxygens (including phenoxy) is 2. The Bertz CT molecular complexity index is 399. The smallest absolute Gasteiger partial charge is 0.219 e. The summed E-state index contributed by atoms with van der Waals surface area (Å²) >= 11 is 0. The first kappa shape index (κ1) is 27.1. The van der Waals surface area contributed by atoms with Gasteiger partial charge in [0.05, 0.1) is 12.7 Å². The fraction of sp³-hybridized carbons (Fsp3) is 0.913. The molecule has 0 heterocycles. The van der Waals surface area contributed by atoms with E-state index in [9.17, 15) is 9.59 Å². The normalized spacial score (nSPS) is 21.6. The van der Waals surface area contributed by atoms with Crippen molar-refractivity contribution in [3.63, 3.8) is 0 Å². The van der Waals surface area contributed by atoms with Gasteiger partial charge < -0.3 is 15.2 Å². The predicted octanol–water partition coefficient (Wildman–Crippen LogP) is 4.90. The fourth-order valence-corrected chi connectivity index (χ4v) is 3.34. The summed E-state index contributed by atoms with van der Waals surface area (Å²) in [6, 6.07) is 0. The van der Waals surface area contributed by atoms with Crippen molar-refractivity contribution < 1.29 is 19.1 Å². The Labute approximate surface area is 173 Å². The lowest BCUT2D eigenvalue weighted by Crippen LogP contribution is -2.23. The molecule has 2 saturated carbocycles. The number of Topliss-reactive ketones (excluding diaryl/α,β-unsaturated/α-hetero) is 1. The number of primary amides is 1. The first-order chi connectivity index (χ1) is 13.4. The zero-order valence-corrected chi connectivity index (χ0v) is 19.0. The third-order valence-corrected chi connectivity index (χ3v) is 5.39. The van der Waals surface area contributed by atoms with Gasteiger partial charge >= 0.3 is 0 Å². The minimum Gasteiger partial charge on any atom is -0.381 e. The summed E-state index contributed by atoms with van der Waals surface area (Å²) in [6.07, 6.45) is 9.89.